The van der Waals surface area contributed by atoms with Gasteiger partial charge in [-0.05, 0) is 19.1 Å². The van der Waals surface area contributed by atoms with Gasteiger partial charge in [0.05, 0.1) is 6.07 Å². The molecule has 0 spiro atoms. The molecule has 100 valence electrons. The minimum Gasteiger partial charge on any atom is -0.494 e. The molecule has 1 heterocycles. The summed E-state index contributed by atoms with van der Waals surface area (Å²) in [6.45, 7) is 0.454. The number of nitrogens with one attached hydrogen (secondary N) is 1. The van der Waals surface area contributed by atoms with E-state index in [0.717, 1.165) is 31.7 Å². The summed E-state index contributed by atoms with van der Waals surface area (Å²) in [6.07, 6.45) is 7.66. The third-order valence-electron chi connectivity index (χ3n) is 3.66. The lowest BCUT2D eigenvalue weighted by Gasteiger charge is -2.36. The van der Waals surface area contributed by atoms with Crippen LogP contribution >= 0.6 is 11.8 Å². The summed E-state index contributed by atoms with van der Waals surface area (Å²) in [6, 6.07) is 1.05. The molecule has 0 amide bonds. The highest BCUT2D eigenvalue weighted by Gasteiger charge is 2.32. The van der Waals surface area contributed by atoms with E-state index < -0.39 is 11.2 Å². The number of aromatic amines is 1. The molecule has 1 fully saturated rings. The average molecular weight is 270 g/mol. The van der Waals surface area contributed by atoms with Gasteiger partial charge in [-0.1, -0.05) is 19.3 Å². The molecule has 2 rings (SSSR count). The van der Waals surface area contributed by atoms with Crippen molar-refractivity contribution in [3.63, 3.8) is 0 Å². The number of aromatic nitrogens is 2. The molecule has 1 aromatic rings. The molecule has 18 heavy (non-hydrogen) atoms. The molecular formula is C12H18N2O3S. The number of rotatable bonds is 3. The van der Waals surface area contributed by atoms with E-state index in [-0.39, 0.29) is 10.6 Å². The Labute approximate surface area is 109 Å². The number of hydrogen-bond acceptors (Lipinski definition) is 4. The van der Waals surface area contributed by atoms with E-state index in [0.29, 0.717) is 6.54 Å². The first kappa shape index (κ1) is 13.3. The zero-order valence-corrected chi connectivity index (χ0v) is 11.3. The molecule has 0 bridgehead atoms. The van der Waals surface area contributed by atoms with Crippen molar-refractivity contribution in [3.05, 3.63) is 26.9 Å². The van der Waals surface area contributed by atoms with Crippen molar-refractivity contribution in [2.45, 2.75) is 43.4 Å². The maximum absolute atomic E-state index is 11.7. The zero-order chi connectivity index (χ0) is 13.2. The van der Waals surface area contributed by atoms with Gasteiger partial charge in [0.2, 0.25) is 5.88 Å². The van der Waals surface area contributed by atoms with Crippen LogP contribution in [0.5, 0.6) is 5.88 Å². The van der Waals surface area contributed by atoms with Gasteiger partial charge in [0.25, 0.3) is 5.56 Å². The fourth-order valence-corrected chi connectivity index (χ4v) is 3.53. The predicted molar refractivity (Wildman–Crippen MR) is 72.3 cm³/mol. The van der Waals surface area contributed by atoms with Gasteiger partial charge in [0, 0.05) is 11.3 Å². The van der Waals surface area contributed by atoms with Crippen LogP contribution in [0.25, 0.3) is 0 Å². The molecule has 0 aromatic carbocycles. The van der Waals surface area contributed by atoms with Gasteiger partial charge in [-0.25, -0.2) is 4.79 Å². The summed E-state index contributed by atoms with van der Waals surface area (Å²) in [5.41, 5.74) is -1.09. The monoisotopic (exact) mass is 270 g/mol. The molecule has 0 atom stereocenters. The predicted octanol–water partition coefficient (Wildman–Crippen LogP) is 1.31. The molecule has 1 aliphatic rings. The Kier molecular flexibility index (Phi) is 3.85. The van der Waals surface area contributed by atoms with Crippen LogP contribution in [0.1, 0.15) is 32.1 Å². The third-order valence-corrected chi connectivity index (χ3v) is 5.06. The second-order valence-corrected chi connectivity index (χ2v) is 6.11. The van der Waals surface area contributed by atoms with E-state index in [2.05, 4.69) is 4.98 Å². The van der Waals surface area contributed by atoms with Crippen LogP contribution in [0.2, 0.25) is 0 Å². The van der Waals surface area contributed by atoms with Crippen LogP contribution in [0.4, 0.5) is 0 Å². The Morgan fingerprint density at radius 1 is 1.39 bits per heavy atom. The first-order valence-corrected chi connectivity index (χ1v) is 7.37. The smallest absolute Gasteiger partial charge is 0.331 e. The molecule has 1 aromatic heterocycles. The number of hydrogen-bond donors (Lipinski definition) is 2. The second-order valence-electron chi connectivity index (χ2n) is 4.83. The molecule has 1 saturated carbocycles. The van der Waals surface area contributed by atoms with Crippen molar-refractivity contribution < 1.29 is 5.11 Å². The maximum atomic E-state index is 11.7. The zero-order valence-electron chi connectivity index (χ0n) is 10.4. The minimum absolute atomic E-state index is 0.00218. The van der Waals surface area contributed by atoms with Crippen molar-refractivity contribution in [3.8, 4) is 5.88 Å². The Morgan fingerprint density at radius 3 is 2.61 bits per heavy atom. The van der Waals surface area contributed by atoms with Crippen LogP contribution in [0.3, 0.4) is 0 Å². The first-order chi connectivity index (χ1) is 8.56. The SMILES string of the molecule is CSC1(Cn2c(O)cc(=O)[nH]c2=O)CCCCC1. The molecule has 0 radical (unpaired) electrons. The van der Waals surface area contributed by atoms with Gasteiger partial charge in [-0.15, -0.1) is 0 Å². The largest absolute Gasteiger partial charge is 0.494 e. The molecule has 2 N–H and O–H groups in total. The molecule has 1 aliphatic carbocycles. The van der Waals surface area contributed by atoms with E-state index in [1.165, 1.54) is 11.0 Å². The van der Waals surface area contributed by atoms with Crippen LogP contribution < -0.4 is 11.2 Å². The van der Waals surface area contributed by atoms with Gasteiger partial charge >= 0.3 is 5.69 Å². The summed E-state index contributed by atoms with van der Waals surface area (Å²) in [5, 5.41) is 9.75. The highest BCUT2D eigenvalue weighted by molar-refractivity contribution is 8.00. The van der Waals surface area contributed by atoms with Crippen molar-refractivity contribution in [1.82, 2.24) is 9.55 Å². The van der Waals surface area contributed by atoms with Gasteiger partial charge in [0.1, 0.15) is 0 Å². The molecule has 6 heteroatoms. The van der Waals surface area contributed by atoms with Crippen molar-refractivity contribution in [1.29, 1.82) is 0 Å². The van der Waals surface area contributed by atoms with Crippen LogP contribution in [0, 0.1) is 0 Å². The van der Waals surface area contributed by atoms with E-state index in [1.807, 2.05) is 6.26 Å². The second kappa shape index (κ2) is 5.22. The van der Waals surface area contributed by atoms with Gasteiger partial charge in [0.15, 0.2) is 0 Å². The fraction of sp³-hybridized carbons (Fsp3) is 0.667. The quantitative estimate of drug-likeness (QED) is 0.868. The van der Waals surface area contributed by atoms with Crippen molar-refractivity contribution in [2.75, 3.05) is 6.26 Å². The summed E-state index contributed by atoms with van der Waals surface area (Å²) in [7, 11) is 0. The average Bonchev–Trinajstić information content (AvgIpc) is 2.35. The highest BCUT2D eigenvalue weighted by atomic mass is 32.2. The summed E-state index contributed by atoms with van der Waals surface area (Å²) >= 11 is 1.75. The molecule has 5 nitrogen and oxygen atoms in total. The molecule has 0 aliphatic heterocycles. The van der Waals surface area contributed by atoms with Crippen LogP contribution in [-0.4, -0.2) is 25.7 Å². The van der Waals surface area contributed by atoms with Gasteiger partial charge in [-0.3, -0.25) is 14.3 Å². The Bertz CT molecular complexity index is 529. The lowest BCUT2D eigenvalue weighted by atomic mass is 9.88. The van der Waals surface area contributed by atoms with Crippen LogP contribution in [-0.2, 0) is 6.54 Å². The summed E-state index contributed by atoms with van der Waals surface area (Å²) in [5.74, 6) is -0.247. The fourth-order valence-electron chi connectivity index (χ4n) is 2.57. The number of thioether (sulfide) groups is 1. The third kappa shape index (κ3) is 2.63. The normalized spacial score (nSPS) is 18.7. The molecule has 0 unspecified atom stereocenters. The summed E-state index contributed by atoms with van der Waals surface area (Å²) in [4.78, 5) is 25.0. The Hall–Kier alpha value is -1.17. The highest BCUT2D eigenvalue weighted by Crippen LogP contribution is 2.40. The number of aromatic hydroxyl groups is 1. The standard InChI is InChI=1S/C12H18N2O3S/c1-18-12(5-3-2-4-6-12)8-14-10(16)7-9(15)13-11(14)17/h7,16H,2-6,8H2,1H3,(H,13,15,17). The topological polar surface area (TPSA) is 75.1 Å². The minimum atomic E-state index is -0.560. The number of H-pyrrole nitrogens is 1. The lowest BCUT2D eigenvalue weighted by molar-refractivity contribution is 0.323. The van der Waals surface area contributed by atoms with E-state index in [4.69, 9.17) is 0 Å². The van der Waals surface area contributed by atoms with Crippen molar-refractivity contribution >= 4 is 11.8 Å². The van der Waals surface area contributed by atoms with E-state index in [9.17, 15) is 14.7 Å². The molecular weight excluding hydrogens is 252 g/mol. The summed E-state index contributed by atoms with van der Waals surface area (Å²) < 4.78 is 1.26. The van der Waals surface area contributed by atoms with Crippen LogP contribution in [0.15, 0.2) is 15.7 Å². The van der Waals surface area contributed by atoms with E-state index in [1.54, 1.807) is 11.8 Å². The molecule has 0 saturated heterocycles. The Balaban J connectivity index is 2.33. The number of nitrogens with zero attached hydrogens (tertiary/aromatic N) is 1. The first-order valence-electron chi connectivity index (χ1n) is 6.15. The lowest BCUT2D eigenvalue weighted by Crippen LogP contribution is -2.39. The Morgan fingerprint density at radius 2 is 2.06 bits per heavy atom. The van der Waals surface area contributed by atoms with Gasteiger partial charge < -0.3 is 5.11 Å². The van der Waals surface area contributed by atoms with Crippen molar-refractivity contribution in [2.24, 2.45) is 0 Å². The van der Waals surface area contributed by atoms with Gasteiger partial charge in [-0.2, -0.15) is 11.8 Å². The van der Waals surface area contributed by atoms with E-state index >= 15 is 0 Å². The maximum Gasteiger partial charge on any atom is 0.331 e.